The molecule has 0 aliphatic carbocycles. The number of benzene rings is 2. The number of primary amides is 1. The van der Waals surface area contributed by atoms with Crippen molar-refractivity contribution in [1.82, 2.24) is 4.31 Å². The predicted octanol–water partition coefficient (Wildman–Crippen LogP) is 2.07. The number of anilines is 1. The number of rotatable bonds is 5. The van der Waals surface area contributed by atoms with Crippen LogP contribution >= 0.6 is 15.9 Å². The number of carbonyl (C=O) groups is 2. The Bertz CT molecular complexity index is 956. The molecule has 0 atom stereocenters. The highest BCUT2D eigenvalue weighted by molar-refractivity contribution is 9.10. The summed E-state index contributed by atoms with van der Waals surface area (Å²) in [6.07, 6.45) is 0. The van der Waals surface area contributed by atoms with Gasteiger partial charge >= 0.3 is 0 Å². The van der Waals surface area contributed by atoms with Crippen molar-refractivity contribution in [2.45, 2.75) is 4.90 Å². The van der Waals surface area contributed by atoms with Crippen molar-refractivity contribution in [3.05, 3.63) is 58.1 Å². The van der Waals surface area contributed by atoms with E-state index in [0.29, 0.717) is 15.7 Å². The van der Waals surface area contributed by atoms with Crippen molar-refractivity contribution in [2.75, 3.05) is 26.0 Å². The molecule has 0 heterocycles. The number of halogens is 1. The first-order valence-corrected chi connectivity index (χ1v) is 9.69. The van der Waals surface area contributed by atoms with Gasteiger partial charge in [-0.15, -0.1) is 0 Å². The number of hydrogen-bond acceptors (Lipinski definition) is 4. The van der Waals surface area contributed by atoms with Crippen molar-refractivity contribution >= 4 is 43.5 Å². The Morgan fingerprint density at radius 3 is 2.00 bits per heavy atom. The van der Waals surface area contributed by atoms with E-state index in [1.54, 1.807) is 19.2 Å². The third-order valence-electron chi connectivity index (χ3n) is 3.78. The molecular formula is C17H18BrN3O4S. The zero-order chi connectivity index (χ0) is 19.6. The van der Waals surface area contributed by atoms with Crippen molar-refractivity contribution in [3.63, 3.8) is 0 Å². The van der Waals surface area contributed by atoms with Gasteiger partial charge in [0.15, 0.2) is 0 Å². The molecule has 0 unspecified atom stereocenters. The van der Waals surface area contributed by atoms with Crippen LogP contribution in [-0.4, -0.2) is 45.7 Å². The van der Waals surface area contributed by atoms with Crippen molar-refractivity contribution < 1.29 is 18.0 Å². The second-order valence-electron chi connectivity index (χ2n) is 5.71. The van der Waals surface area contributed by atoms with Crippen LogP contribution < -0.4 is 10.6 Å². The molecule has 0 aromatic heterocycles. The highest BCUT2D eigenvalue weighted by Gasteiger charge is 2.23. The Kier molecular flexibility index (Phi) is 5.84. The molecule has 0 spiro atoms. The van der Waals surface area contributed by atoms with Crippen LogP contribution in [0.3, 0.4) is 0 Å². The molecule has 0 radical (unpaired) electrons. The standard InChI is InChI=1S/C17H18BrN3O4S/c1-20(2)26(24,25)15-10-12(6-9-14(15)18)17(23)21(3)13-7-4-11(5-8-13)16(19)22/h4-10H,1-3H3,(H2,19,22). The summed E-state index contributed by atoms with van der Waals surface area (Å²) in [7, 11) is 0.693. The first-order valence-electron chi connectivity index (χ1n) is 7.45. The molecule has 0 aliphatic heterocycles. The van der Waals surface area contributed by atoms with Gasteiger partial charge in [-0.2, -0.15) is 0 Å². The fourth-order valence-electron chi connectivity index (χ4n) is 2.19. The molecular weight excluding hydrogens is 422 g/mol. The minimum Gasteiger partial charge on any atom is -0.366 e. The van der Waals surface area contributed by atoms with Crippen LogP contribution in [0.5, 0.6) is 0 Å². The van der Waals surface area contributed by atoms with Crippen LogP contribution in [0.2, 0.25) is 0 Å². The maximum absolute atomic E-state index is 12.7. The largest absolute Gasteiger partial charge is 0.366 e. The maximum Gasteiger partial charge on any atom is 0.258 e. The topological polar surface area (TPSA) is 101 Å². The minimum atomic E-state index is -3.70. The highest BCUT2D eigenvalue weighted by atomic mass is 79.9. The molecule has 0 aliphatic rings. The van der Waals surface area contributed by atoms with Gasteiger partial charge < -0.3 is 10.6 Å². The summed E-state index contributed by atoms with van der Waals surface area (Å²) in [5, 5.41) is 0. The molecule has 138 valence electrons. The second kappa shape index (κ2) is 7.56. The first-order chi connectivity index (χ1) is 12.1. The van der Waals surface area contributed by atoms with E-state index in [2.05, 4.69) is 15.9 Å². The number of nitrogens with two attached hydrogens (primary N) is 1. The molecule has 0 saturated heterocycles. The quantitative estimate of drug-likeness (QED) is 0.769. The molecule has 2 rings (SSSR count). The van der Waals surface area contributed by atoms with Crippen LogP contribution in [-0.2, 0) is 10.0 Å². The summed E-state index contributed by atoms with van der Waals surface area (Å²) < 4.78 is 26.2. The normalized spacial score (nSPS) is 11.4. The average molecular weight is 440 g/mol. The number of hydrogen-bond donors (Lipinski definition) is 1. The Hall–Kier alpha value is -2.23. The lowest BCUT2D eigenvalue weighted by atomic mass is 10.1. The lowest BCUT2D eigenvalue weighted by molar-refractivity contribution is 0.0989. The number of sulfonamides is 1. The van der Waals surface area contributed by atoms with Gasteiger partial charge in [-0.3, -0.25) is 9.59 Å². The molecule has 9 heteroatoms. The van der Waals surface area contributed by atoms with Crippen molar-refractivity contribution in [1.29, 1.82) is 0 Å². The zero-order valence-electron chi connectivity index (χ0n) is 14.4. The molecule has 0 fully saturated rings. The second-order valence-corrected chi connectivity index (χ2v) is 8.68. The third-order valence-corrected chi connectivity index (χ3v) is 6.59. The SMILES string of the molecule is CN(C(=O)c1ccc(Br)c(S(=O)(=O)N(C)C)c1)c1ccc(C(N)=O)cc1. The molecule has 2 aromatic rings. The van der Waals surface area contributed by atoms with Gasteiger partial charge in [0.05, 0.1) is 4.90 Å². The summed E-state index contributed by atoms with van der Waals surface area (Å²) in [5.74, 6) is -0.948. The fourth-order valence-corrected chi connectivity index (χ4v) is 4.04. The van der Waals surface area contributed by atoms with Crippen LogP contribution in [0.4, 0.5) is 5.69 Å². The third kappa shape index (κ3) is 3.95. The van der Waals surface area contributed by atoms with Crippen LogP contribution in [0.15, 0.2) is 51.8 Å². The van der Waals surface area contributed by atoms with E-state index < -0.39 is 15.9 Å². The van der Waals surface area contributed by atoms with Crippen LogP contribution in [0.1, 0.15) is 20.7 Å². The van der Waals surface area contributed by atoms with E-state index in [-0.39, 0.29) is 16.4 Å². The molecule has 2 N–H and O–H groups in total. The van der Waals surface area contributed by atoms with E-state index in [4.69, 9.17) is 5.73 Å². The molecule has 2 amide bonds. The van der Waals surface area contributed by atoms with Gasteiger partial charge in [-0.05, 0) is 58.4 Å². The fraction of sp³-hybridized carbons (Fsp3) is 0.176. The molecule has 0 saturated carbocycles. The average Bonchev–Trinajstić information content (AvgIpc) is 2.60. The zero-order valence-corrected chi connectivity index (χ0v) is 16.8. The van der Waals surface area contributed by atoms with Gasteiger partial charge in [-0.1, -0.05) is 0 Å². The summed E-state index contributed by atoms with van der Waals surface area (Å²) in [4.78, 5) is 25.2. The van der Waals surface area contributed by atoms with Gasteiger partial charge in [0.1, 0.15) is 0 Å². The Labute approximate surface area is 160 Å². The van der Waals surface area contributed by atoms with E-state index in [0.717, 1.165) is 4.31 Å². The van der Waals surface area contributed by atoms with Crippen molar-refractivity contribution in [3.8, 4) is 0 Å². The number of amides is 2. The maximum atomic E-state index is 12.7. The lowest BCUT2D eigenvalue weighted by Gasteiger charge is -2.19. The number of nitrogens with zero attached hydrogens (tertiary/aromatic N) is 2. The summed E-state index contributed by atoms with van der Waals surface area (Å²) in [6.45, 7) is 0. The van der Waals surface area contributed by atoms with E-state index >= 15 is 0 Å². The predicted molar refractivity (Wildman–Crippen MR) is 103 cm³/mol. The Morgan fingerprint density at radius 2 is 1.50 bits per heavy atom. The highest BCUT2D eigenvalue weighted by Crippen LogP contribution is 2.26. The first kappa shape index (κ1) is 20.1. The lowest BCUT2D eigenvalue weighted by Crippen LogP contribution is -2.27. The molecule has 0 bridgehead atoms. The van der Waals surface area contributed by atoms with E-state index in [9.17, 15) is 18.0 Å². The van der Waals surface area contributed by atoms with Crippen LogP contribution in [0, 0.1) is 0 Å². The van der Waals surface area contributed by atoms with Gasteiger partial charge in [0, 0.05) is 42.4 Å². The van der Waals surface area contributed by atoms with Crippen molar-refractivity contribution in [2.24, 2.45) is 5.73 Å². The van der Waals surface area contributed by atoms with E-state index in [1.807, 2.05) is 0 Å². The van der Waals surface area contributed by atoms with Gasteiger partial charge in [0.25, 0.3) is 5.91 Å². The van der Waals surface area contributed by atoms with E-state index in [1.165, 1.54) is 49.3 Å². The smallest absolute Gasteiger partial charge is 0.258 e. The Balaban J connectivity index is 2.39. The monoisotopic (exact) mass is 439 g/mol. The minimum absolute atomic E-state index is 0.00539. The van der Waals surface area contributed by atoms with Gasteiger partial charge in [-0.25, -0.2) is 12.7 Å². The molecule has 2 aromatic carbocycles. The number of carbonyl (C=O) groups excluding carboxylic acids is 2. The summed E-state index contributed by atoms with van der Waals surface area (Å²) in [6, 6.07) is 10.6. The van der Waals surface area contributed by atoms with Crippen LogP contribution in [0.25, 0.3) is 0 Å². The van der Waals surface area contributed by atoms with Gasteiger partial charge in [0.2, 0.25) is 15.9 Å². The Morgan fingerprint density at radius 1 is 0.962 bits per heavy atom. The summed E-state index contributed by atoms with van der Waals surface area (Å²) in [5.41, 5.74) is 6.29. The molecule has 7 nitrogen and oxygen atoms in total. The summed E-state index contributed by atoms with van der Waals surface area (Å²) >= 11 is 3.21. The molecule has 26 heavy (non-hydrogen) atoms.